The lowest BCUT2D eigenvalue weighted by Gasteiger charge is -2.07. The van der Waals surface area contributed by atoms with Crippen LogP contribution in [0.15, 0.2) is 0 Å². The fraction of sp³-hybridized carbons (Fsp3) is 0.900. The Morgan fingerprint density at radius 2 is 1.75 bits per heavy atom. The molecule has 12 heavy (non-hydrogen) atoms. The van der Waals surface area contributed by atoms with Crippen LogP contribution in [0.1, 0.15) is 33.1 Å². The van der Waals surface area contributed by atoms with Gasteiger partial charge in [-0.05, 0) is 39.4 Å². The molecule has 2 nitrogen and oxygen atoms in total. The van der Waals surface area contributed by atoms with Crippen LogP contribution in [0.4, 0.5) is 0 Å². The Bertz CT molecular complexity index is 81.9. The van der Waals surface area contributed by atoms with Gasteiger partial charge < -0.3 is 10.6 Å². The van der Waals surface area contributed by atoms with Gasteiger partial charge in [-0.15, -0.1) is 0 Å². The quantitative estimate of drug-likeness (QED) is 0.542. The number of rotatable bonds is 8. The second-order valence-electron chi connectivity index (χ2n) is 3.42. The van der Waals surface area contributed by atoms with Crippen molar-refractivity contribution in [2.45, 2.75) is 39.2 Å². The first-order valence-corrected chi connectivity index (χ1v) is 5.00. The summed E-state index contributed by atoms with van der Waals surface area (Å²) in [5.74, 6) is 0. The molecule has 1 radical (unpaired) electrons. The van der Waals surface area contributed by atoms with Gasteiger partial charge in [0.2, 0.25) is 0 Å². The lowest BCUT2D eigenvalue weighted by Crippen LogP contribution is -2.23. The fourth-order valence-corrected chi connectivity index (χ4v) is 1.07. The van der Waals surface area contributed by atoms with Crippen LogP contribution in [0.2, 0.25) is 0 Å². The summed E-state index contributed by atoms with van der Waals surface area (Å²) in [6.07, 6.45) is 3.87. The Morgan fingerprint density at radius 3 is 2.33 bits per heavy atom. The number of hydrogen-bond acceptors (Lipinski definition) is 2. The van der Waals surface area contributed by atoms with Crippen molar-refractivity contribution in [1.29, 1.82) is 0 Å². The molecular formula is C10H23N2. The molecule has 0 rings (SSSR count). The third-order valence-corrected chi connectivity index (χ3v) is 1.76. The zero-order valence-electron chi connectivity index (χ0n) is 8.53. The highest BCUT2D eigenvalue weighted by Crippen LogP contribution is 1.92. The molecule has 0 amide bonds. The molecule has 0 aliphatic rings. The monoisotopic (exact) mass is 171 g/mol. The van der Waals surface area contributed by atoms with E-state index in [1.54, 1.807) is 0 Å². The van der Waals surface area contributed by atoms with E-state index in [4.69, 9.17) is 0 Å². The Morgan fingerprint density at radius 1 is 1.08 bits per heavy atom. The van der Waals surface area contributed by atoms with Crippen LogP contribution in [0.25, 0.3) is 0 Å². The first kappa shape index (κ1) is 11.9. The molecule has 0 bridgehead atoms. The summed E-state index contributed by atoms with van der Waals surface area (Å²) in [5, 5.41) is 6.62. The van der Waals surface area contributed by atoms with Gasteiger partial charge in [-0.2, -0.15) is 0 Å². The molecule has 0 heterocycles. The van der Waals surface area contributed by atoms with Gasteiger partial charge in [-0.3, -0.25) is 0 Å². The molecule has 0 unspecified atom stereocenters. The molecular weight excluding hydrogens is 148 g/mol. The van der Waals surface area contributed by atoms with Crippen molar-refractivity contribution >= 4 is 0 Å². The molecule has 0 saturated carbocycles. The standard InChI is InChI=1S/C10H23N2/c1-4-11-8-6-5-7-9-12-10(2)3/h10-12H,1,4-9H2,2-3H3. The maximum atomic E-state index is 3.72. The highest BCUT2D eigenvalue weighted by atomic mass is 14.9. The van der Waals surface area contributed by atoms with Crippen LogP contribution in [0, 0.1) is 6.92 Å². The van der Waals surface area contributed by atoms with Crippen molar-refractivity contribution in [2.24, 2.45) is 0 Å². The summed E-state index contributed by atoms with van der Waals surface area (Å²) < 4.78 is 0. The molecule has 2 N–H and O–H groups in total. The normalized spacial score (nSPS) is 11.0. The minimum Gasteiger partial charge on any atom is -0.317 e. The largest absolute Gasteiger partial charge is 0.317 e. The van der Waals surface area contributed by atoms with Crippen molar-refractivity contribution in [3.63, 3.8) is 0 Å². The molecule has 0 aliphatic heterocycles. The third kappa shape index (κ3) is 9.92. The highest BCUT2D eigenvalue weighted by molar-refractivity contribution is 4.54. The summed E-state index contributed by atoms with van der Waals surface area (Å²) in [5.41, 5.74) is 0. The first-order chi connectivity index (χ1) is 5.77. The first-order valence-electron chi connectivity index (χ1n) is 5.00. The summed E-state index contributed by atoms with van der Waals surface area (Å²) in [7, 11) is 0. The van der Waals surface area contributed by atoms with E-state index < -0.39 is 0 Å². The van der Waals surface area contributed by atoms with E-state index in [0.29, 0.717) is 6.04 Å². The predicted octanol–water partition coefficient (Wildman–Crippen LogP) is 1.58. The Kier molecular flexibility index (Phi) is 8.95. The number of unbranched alkanes of at least 4 members (excludes halogenated alkanes) is 2. The van der Waals surface area contributed by atoms with E-state index in [0.717, 1.165) is 19.6 Å². The summed E-state index contributed by atoms with van der Waals surface area (Å²) >= 11 is 0. The van der Waals surface area contributed by atoms with E-state index >= 15 is 0 Å². The van der Waals surface area contributed by atoms with E-state index in [2.05, 4.69) is 31.4 Å². The molecule has 0 aromatic rings. The van der Waals surface area contributed by atoms with Crippen LogP contribution < -0.4 is 10.6 Å². The van der Waals surface area contributed by atoms with Crippen LogP contribution in [0.5, 0.6) is 0 Å². The van der Waals surface area contributed by atoms with Gasteiger partial charge in [0.15, 0.2) is 0 Å². The summed E-state index contributed by atoms with van der Waals surface area (Å²) in [6, 6.07) is 0.628. The van der Waals surface area contributed by atoms with Crippen LogP contribution in [-0.2, 0) is 0 Å². The molecule has 0 aliphatic carbocycles. The van der Waals surface area contributed by atoms with Crippen molar-refractivity contribution in [3.05, 3.63) is 6.92 Å². The number of nitrogens with one attached hydrogen (secondary N) is 2. The van der Waals surface area contributed by atoms with Crippen molar-refractivity contribution in [2.75, 3.05) is 19.6 Å². The van der Waals surface area contributed by atoms with Crippen molar-refractivity contribution < 1.29 is 0 Å². The minimum absolute atomic E-state index is 0.628. The Balaban J connectivity index is 2.82. The van der Waals surface area contributed by atoms with Crippen molar-refractivity contribution in [3.8, 4) is 0 Å². The zero-order valence-corrected chi connectivity index (χ0v) is 8.53. The Labute approximate surface area is 77.1 Å². The second kappa shape index (κ2) is 9.01. The minimum atomic E-state index is 0.628. The summed E-state index contributed by atoms with van der Waals surface area (Å²) in [4.78, 5) is 0. The maximum absolute atomic E-state index is 3.72. The van der Waals surface area contributed by atoms with Gasteiger partial charge in [0, 0.05) is 6.04 Å². The average molecular weight is 171 g/mol. The molecule has 0 aromatic carbocycles. The maximum Gasteiger partial charge on any atom is 0.00103 e. The molecule has 73 valence electrons. The van der Waals surface area contributed by atoms with E-state index in [1.807, 2.05) is 0 Å². The molecule has 2 heteroatoms. The third-order valence-electron chi connectivity index (χ3n) is 1.76. The van der Waals surface area contributed by atoms with Gasteiger partial charge >= 0.3 is 0 Å². The number of hydrogen-bond donors (Lipinski definition) is 2. The van der Waals surface area contributed by atoms with E-state index in [1.165, 1.54) is 19.3 Å². The van der Waals surface area contributed by atoms with Gasteiger partial charge in [-0.25, -0.2) is 0 Å². The molecule has 0 aromatic heterocycles. The van der Waals surface area contributed by atoms with Crippen LogP contribution in [0.3, 0.4) is 0 Å². The van der Waals surface area contributed by atoms with E-state index in [-0.39, 0.29) is 0 Å². The lowest BCUT2D eigenvalue weighted by atomic mass is 10.2. The van der Waals surface area contributed by atoms with Gasteiger partial charge in [-0.1, -0.05) is 20.3 Å². The van der Waals surface area contributed by atoms with Gasteiger partial charge in [0.1, 0.15) is 0 Å². The Hall–Kier alpha value is -0.0800. The topological polar surface area (TPSA) is 24.1 Å². The van der Waals surface area contributed by atoms with Gasteiger partial charge in [0.25, 0.3) is 0 Å². The molecule has 0 saturated heterocycles. The van der Waals surface area contributed by atoms with Crippen molar-refractivity contribution in [1.82, 2.24) is 10.6 Å². The predicted molar refractivity (Wildman–Crippen MR) is 55.2 cm³/mol. The van der Waals surface area contributed by atoms with Crippen LogP contribution >= 0.6 is 0 Å². The fourth-order valence-electron chi connectivity index (χ4n) is 1.07. The zero-order chi connectivity index (χ0) is 9.23. The highest BCUT2D eigenvalue weighted by Gasteiger charge is 1.91. The second-order valence-corrected chi connectivity index (χ2v) is 3.42. The molecule has 0 spiro atoms. The lowest BCUT2D eigenvalue weighted by molar-refractivity contribution is 0.541. The summed E-state index contributed by atoms with van der Waals surface area (Å²) in [6.45, 7) is 11.2. The van der Waals surface area contributed by atoms with Gasteiger partial charge in [0.05, 0.1) is 0 Å². The SMILES string of the molecule is [CH2]CNCCCCCNC(C)C. The smallest absolute Gasteiger partial charge is 0.00103 e. The van der Waals surface area contributed by atoms with E-state index in [9.17, 15) is 0 Å². The molecule has 0 atom stereocenters. The average Bonchev–Trinajstić information content (AvgIpc) is 2.02. The van der Waals surface area contributed by atoms with Crippen LogP contribution in [-0.4, -0.2) is 25.7 Å². The molecule has 0 fully saturated rings.